The molecule has 4 nitrogen and oxygen atoms in total. The minimum Gasteiger partial charge on any atom is -0.480 e. The number of carboxylic acids is 1. The summed E-state index contributed by atoms with van der Waals surface area (Å²) in [4.78, 5) is 13.3. The van der Waals surface area contributed by atoms with Gasteiger partial charge in [-0.1, -0.05) is 6.92 Å². The van der Waals surface area contributed by atoms with Crippen LogP contribution >= 0.6 is 0 Å². The Morgan fingerprint density at radius 1 is 1.50 bits per heavy atom. The molecule has 1 N–H and O–H groups in total. The predicted octanol–water partition coefficient (Wildman–Crippen LogP) is 0.962. The Labute approximate surface area is 84.8 Å². The van der Waals surface area contributed by atoms with Crippen LogP contribution in [0.1, 0.15) is 26.2 Å². The number of aliphatic carboxylic acids is 1. The number of rotatable bonds is 5. The third-order valence-corrected chi connectivity index (χ3v) is 3.08. The Morgan fingerprint density at radius 3 is 2.43 bits per heavy atom. The van der Waals surface area contributed by atoms with Gasteiger partial charge in [0.15, 0.2) is 0 Å². The Morgan fingerprint density at radius 2 is 2.07 bits per heavy atom. The highest BCUT2D eigenvalue weighted by Crippen LogP contribution is 2.25. The van der Waals surface area contributed by atoms with Crippen molar-refractivity contribution < 1.29 is 14.6 Å². The van der Waals surface area contributed by atoms with Gasteiger partial charge in [-0.15, -0.1) is 0 Å². The molecule has 1 heterocycles. The predicted molar refractivity (Wildman–Crippen MR) is 53.3 cm³/mol. The SMILES string of the molecule is CCC(COC)(C(=O)O)N1CCCC1. The topological polar surface area (TPSA) is 49.8 Å². The van der Waals surface area contributed by atoms with Crippen LogP contribution in [0.3, 0.4) is 0 Å². The Bertz CT molecular complexity index is 202. The number of hydrogen-bond acceptors (Lipinski definition) is 3. The smallest absolute Gasteiger partial charge is 0.326 e. The number of carboxylic acid groups (broad SMARTS) is 1. The molecule has 0 radical (unpaired) electrons. The summed E-state index contributed by atoms with van der Waals surface area (Å²) in [5.41, 5.74) is -0.800. The van der Waals surface area contributed by atoms with Crippen LogP contribution < -0.4 is 0 Å². The van der Waals surface area contributed by atoms with E-state index in [1.807, 2.05) is 11.8 Å². The van der Waals surface area contributed by atoms with Gasteiger partial charge in [-0.05, 0) is 32.4 Å². The molecule has 1 aliphatic heterocycles. The second kappa shape index (κ2) is 4.75. The Kier molecular flexibility index (Phi) is 3.89. The van der Waals surface area contributed by atoms with Crippen LogP contribution in [-0.2, 0) is 9.53 Å². The fourth-order valence-electron chi connectivity index (χ4n) is 2.15. The van der Waals surface area contributed by atoms with Crippen molar-refractivity contribution in [2.75, 3.05) is 26.8 Å². The largest absolute Gasteiger partial charge is 0.480 e. The summed E-state index contributed by atoms with van der Waals surface area (Å²) in [6.45, 7) is 3.94. The van der Waals surface area contributed by atoms with Crippen LogP contribution in [0.2, 0.25) is 0 Å². The fourth-order valence-corrected chi connectivity index (χ4v) is 2.15. The molecule has 14 heavy (non-hydrogen) atoms. The molecule has 82 valence electrons. The molecule has 0 amide bonds. The zero-order valence-electron chi connectivity index (χ0n) is 8.95. The van der Waals surface area contributed by atoms with Gasteiger partial charge in [-0.3, -0.25) is 9.69 Å². The molecule has 1 aliphatic rings. The van der Waals surface area contributed by atoms with E-state index in [2.05, 4.69) is 0 Å². The third kappa shape index (κ3) is 1.91. The maximum atomic E-state index is 11.3. The van der Waals surface area contributed by atoms with Crippen molar-refractivity contribution in [2.45, 2.75) is 31.7 Å². The molecule has 1 saturated heterocycles. The molecule has 1 rings (SSSR count). The lowest BCUT2D eigenvalue weighted by Gasteiger charge is -2.36. The van der Waals surface area contributed by atoms with E-state index >= 15 is 0 Å². The van der Waals surface area contributed by atoms with Gasteiger partial charge >= 0.3 is 5.97 Å². The summed E-state index contributed by atoms with van der Waals surface area (Å²) in [7, 11) is 1.56. The third-order valence-electron chi connectivity index (χ3n) is 3.08. The van der Waals surface area contributed by atoms with Crippen molar-refractivity contribution in [1.82, 2.24) is 4.90 Å². The summed E-state index contributed by atoms with van der Waals surface area (Å²) < 4.78 is 5.05. The maximum Gasteiger partial charge on any atom is 0.326 e. The van der Waals surface area contributed by atoms with Crippen molar-refractivity contribution in [2.24, 2.45) is 0 Å². The zero-order valence-corrected chi connectivity index (χ0v) is 8.95. The standard InChI is InChI=1S/C10H19NO3/c1-3-10(8-14-2,9(12)13)11-6-4-5-7-11/h3-8H2,1-2H3,(H,12,13). The van der Waals surface area contributed by atoms with E-state index in [-0.39, 0.29) is 6.61 Å². The van der Waals surface area contributed by atoms with E-state index in [1.54, 1.807) is 7.11 Å². The normalized spacial score (nSPS) is 22.1. The van der Waals surface area contributed by atoms with Gasteiger partial charge in [0, 0.05) is 7.11 Å². The lowest BCUT2D eigenvalue weighted by Crippen LogP contribution is -2.56. The number of nitrogens with zero attached hydrogens (tertiary/aromatic N) is 1. The first-order valence-electron chi connectivity index (χ1n) is 5.14. The average Bonchev–Trinajstić information content (AvgIpc) is 2.66. The molecule has 0 aliphatic carbocycles. The minimum atomic E-state index is -0.800. The van der Waals surface area contributed by atoms with Crippen molar-refractivity contribution in [3.63, 3.8) is 0 Å². The first kappa shape index (κ1) is 11.5. The van der Waals surface area contributed by atoms with Gasteiger partial charge in [0.25, 0.3) is 0 Å². The molecular weight excluding hydrogens is 182 g/mol. The van der Waals surface area contributed by atoms with Gasteiger partial charge in [-0.25, -0.2) is 0 Å². The molecular formula is C10H19NO3. The molecule has 1 atom stereocenters. The van der Waals surface area contributed by atoms with Gasteiger partial charge in [0.05, 0.1) is 6.61 Å². The van der Waals surface area contributed by atoms with E-state index < -0.39 is 11.5 Å². The quantitative estimate of drug-likeness (QED) is 0.720. The second-order valence-corrected chi connectivity index (χ2v) is 3.82. The van der Waals surface area contributed by atoms with Gasteiger partial charge in [0.2, 0.25) is 0 Å². The molecule has 0 aromatic carbocycles. The van der Waals surface area contributed by atoms with Crippen molar-refractivity contribution in [3.05, 3.63) is 0 Å². The van der Waals surface area contributed by atoms with Crippen LogP contribution in [0.15, 0.2) is 0 Å². The molecule has 1 fully saturated rings. The Balaban J connectivity index is 2.81. The van der Waals surface area contributed by atoms with Crippen LogP contribution in [0.4, 0.5) is 0 Å². The molecule has 0 bridgehead atoms. The first-order valence-corrected chi connectivity index (χ1v) is 5.14. The fraction of sp³-hybridized carbons (Fsp3) is 0.900. The minimum absolute atomic E-state index is 0.277. The van der Waals surface area contributed by atoms with E-state index in [0.717, 1.165) is 25.9 Å². The van der Waals surface area contributed by atoms with E-state index in [1.165, 1.54) is 0 Å². The van der Waals surface area contributed by atoms with Crippen molar-refractivity contribution in [3.8, 4) is 0 Å². The summed E-state index contributed by atoms with van der Waals surface area (Å²) in [6, 6.07) is 0. The average molecular weight is 201 g/mol. The molecule has 0 spiro atoms. The molecule has 0 saturated carbocycles. The monoisotopic (exact) mass is 201 g/mol. The van der Waals surface area contributed by atoms with Crippen LogP contribution in [-0.4, -0.2) is 48.3 Å². The van der Waals surface area contributed by atoms with Crippen molar-refractivity contribution in [1.29, 1.82) is 0 Å². The van der Waals surface area contributed by atoms with Gasteiger partial charge in [0.1, 0.15) is 5.54 Å². The first-order chi connectivity index (χ1) is 6.67. The van der Waals surface area contributed by atoms with E-state index in [4.69, 9.17) is 4.74 Å². The summed E-state index contributed by atoms with van der Waals surface area (Å²) in [5.74, 6) is -0.760. The summed E-state index contributed by atoms with van der Waals surface area (Å²) >= 11 is 0. The van der Waals surface area contributed by atoms with Gasteiger partial charge < -0.3 is 9.84 Å². The highest BCUT2D eigenvalue weighted by Gasteiger charge is 2.43. The molecule has 0 aromatic rings. The number of likely N-dealkylation sites (tertiary alicyclic amines) is 1. The van der Waals surface area contributed by atoms with Crippen LogP contribution in [0.25, 0.3) is 0 Å². The number of methoxy groups -OCH3 is 1. The van der Waals surface area contributed by atoms with Gasteiger partial charge in [-0.2, -0.15) is 0 Å². The number of ether oxygens (including phenoxy) is 1. The molecule has 1 unspecified atom stereocenters. The highest BCUT2D eigenvalue weighted by atomic mass is 16.5. The van der Waals surface area contributed by atoms with E-state index in [0.29, 0.717) is 6.42 Å². The lowest BCUT2D eigenvalue weighted by atomic mass is 9.95. The zero-order chi connectivity index (χ0) is 10.6. The van der Waals surface area contributed by atoms with Crippen LogP contribution in [0, 0.1) is 0 Å². The Hall–Kier alpha value is -0.610. The maximum absolute atomic E-state index is 11.3. The van der Waals surface area contributed by atoms with Crippen LogP contribution in [0.5, 0.6) is 0 Å². The molecule has 0 aromatic heterocycles. The number of carbonyl (C=O) groups is 1. The number of hydrogen-bond donors (Lipinski definition) is 1. The summed E-state index contributed by atoms with van der Waals surface area (Å²) in [6.07, 6.45) is 2.79. The van der Waals surface area contributed by atoms with Crippen molar-refractivity contribution >= 4 is 5.97 Å². The highest BCUT2D eigenvalue weighted by molar-refractivity contribution is 5.79. The van der Waals surface area contributed by atoms with E-state index in [9.17, 15) is 9.90 Å². The lowest BCUT2D eigenvalue weighted by molar-refractivity contribution is -0.155. The second-order valence-electron chi connectivity index (χ2n) is 3.82. The molecule has 4 heteroatoms. The summed E-state index contributed by atoms with van der Waals surface area (Å²) in [5, 5.41) is 9.29.